The minimum atomic E-state index is -0.101. The van der Waals surface area contributed by atoms with E-state index in [4.69, 9.17) is 9.47 Å². The highest BCUT2D eigenvalue weighted by Crippen LogP contribution is 2.17. The van der Waals surface area contributed by atoms with E-state index in [9.17, 15) is 4.79 Å². The second-order valence-electron chi connectivity index (χ2n) is 6.98. The Morgan fingerprint density at radius 3 is 2.38 bits per heavy atom. The molecule has 1 saturated heterocycles. The van der Waals surface area contributed by atoms with Crippen molar-refractivity contribution in [3.63, 3.8) is 0 Å². The van der Waals surface area contributed by atoms with Crippen LogP contribution in [-0.4, -0.2) is 25.2 Å². The van der Waals surface area contributed by atoms with Crippen LogP contribution in [0.15, 0.2) is 36.6 Å². The van der Waals surface area contributed by atoms with Gasteiger partial charge in [0, 0.05) is 12.0 Å². The van der Waals surface area contributed by atoms with Gasteiger partial charge in [0.1, 0.15) is 11.5 Å². The SMILES string of the molecule is C=C1OCCC1NC(=O)c1ccc(OCCCCCCCCCC)cc1. The number of carbonyl (C=O) groups excluding carboxylic acids is 1. The molecule has 26 heavy (non-hydrogen) atoms. The van der Waals surface area contributed by atoms with Gasteiger partial charge in [0.2, 0.25) is 0 Å². The molecule has 1 aliphatic rings. The molecule has 0 aliphatic carbocycles. The Kier molecular flexibility index (Phi) is 9.08. The fourth-order valence-corrected chi connectivity index (χ4v) is 3.09. The van der Waals surface area contributed by atoms with E-state index in [1.165, 1.54) is 44.9 Å². The van der Waals surface area contributed by atoms with Crippen molar-refractivity contribution in [2.75, 3.05) is 13.2 Å². The number of unbranched alkanes of at least 4 members (excludes halogenated alkanes) is 7. The maximum Gasteiger partial charge on any atom is 0.251 e. The van der Waals surface area contributed by atoms with Crippen molar-refractivity contribution in [1.29, 1.82) is 0 Å². The third kappa shape index (κ3) is 7.11. The number of carbonyl (C=O) groups is 1. The zero-order valence-electron chi connectivity index (χ0n) is 16.1. The highest BCUT2D eigenvalue weighted by atomic mass is 16.5. The van der Waals surface area contributed by atoms with Gasteiger partial charge in [-0.3, -0.25) is 4.79 Å². The van der Waals surface area contributed by atoms with Crippen molar-refractivity contribution in [1.82, 2.24) is 5.32 Å². The third-order valence-corrected chi connectivity index (χ3v) is 4.77. The molecule has 1 unspecified atom stereocenters. The van der Waals surface area contributed by atoms with Gasteiger partial charge in [0.25, 0.3) is 5.91 Å². The van der Waals surface area contributed by atoms with Gasteiger partial charge in [-0.1, -0.05) is 58.4 Å². The van der Waals surface area contributed by atoms with Gasteiger partial charge in [-0.25, -0.2) is 0 Å². The second kappa shape index (κ2) is 11.6. The Hall–Kier alpha value is -1.97. The number of hydrogen-bond donors (Lipinski definition) is 1. The van der Waals surface area contributed by atoms with Crippen molar-refractivity contribution in [3.05, 3.63) is 42.2 Å². The molecule has 1 atom stereocenters. The van der Waals surface area contributed by atoms with E-state index in [2.05, 4.69) is 18.8 Å². The highest BCUT2D eigenvalue weighted by molar-refractivity contribution is 5.94. The summed E-state index contributed by atoms with van der Waals surface area (Å²) in [5.41, 5.74) is 0.629. The zero-order chi connectivity index (χ0) is 18.6. The number of nitrogens with one attached hydrogen (secondary N) is 1. The molecule has 4 heteroatoms. The molecule has 1 fully saturated rings. The van der Waals surface area contributed by atoms with E-state index in [0.29, 0.717) is 17.9 Å². The molecule has 1 aliphatic heterocycles. The minimum Gasteiger partial charge on any atom is -0.496 e. The summed E-state index contributed by atoms with van der Waals surface area (Å²) >= 11 is 0. The monoisotopic (exact) mass is 359 g/mol. The molecule has 4 nitrogen and oxygen atoms in total. The molecule has 0 bridgehead atoms. The molecule has 0 spiro atoms. The first-order valence-corrected chi connectivity index (χ1v) is 10.1. The lowest BCUT2D eigenvalue weighted by Gasteiger charge is -2.12. The van der Waals surface area contributed by atoms with Gasteiger partial charge in [-0.2, -0.15) is 0 Å². The molecule has 144 valence electrons. The van der Waals surface area contributed by atoms with E-state index in [1.807, 2.05) is 12.1 Å². The highest BCUT2D eigenvalue weighted by Gasteiger charge is 2.22. The molecule has 2 rings (SSSR count). The Morgan fingerprint density at radius 2 is 1.77 bits per heavy atom. The van der Waals surface area contributed by atoms with Gasteiger partial charge in [-0.05, 0) is 30.7 Å². The Bertz CT molecular complexity index is 553. The number of hydrogen-bond acceptors (Lipinski definition) is 3. The molecular formula is C22H33NO3. The Balaban J connectivity index is 1.60. The molecular weight excluding hydrogens is 326 g/mol. The first kappa shape index (κ1) is 20.3. The van der Waals surface area contributed by atoms with Crippen LogP contribution >= 0.6 is 0 Å². The molecule has 0 aromatic heterocycles. The van der Waals surface area contributed by atoms with Crippen LogP contribution in [0.2, 0.25) is 0 Å². The summed E-state index contributed by atoms with van der Waals surface area (Å²) in [6, 6.07) is 7.24. The lowest BCUT2D eigenvalue weighted by molar-refractivity contribution is 0.0941. The predicted octanol–water partition coefficient (Wildman–Crippen LogP) is 5.24. The van der Waals surface area contributed by atoms with Crippen LogP contribution in [0.25, 0.3) is 0 Å². The lowest BCUT2D eigenvalue weighted by Crippen LogP contribution is -2.33. The summed E-state index contributed by atoms with van der Waals surface area (Å²) in [5.74, 6) is 1.36. The number of benzene rings is 1. The average Bonchev–Trinajstić information content (AvgIpc) is 3.05. The van der Waals surface area contributed by atoms with Crippen LogP contribution in [0.1, 0.15) is 75.1 Å². The Morgan fingerprint density at radius 1 is 1.12 bits per heavy atom. The van der Waals surface area contributed by atoms with Gasteiger partial charge in [-0.15, -0.1) is 0 Å². The van der Waals surface area contributed by atoms with Crippen LogP contribution in [0.4, 0.5) is 0 Å². The van der Waals surface area contributed by atoms with Crippen molar-refractivity contribution < 1.29 is 14.3 Å². The van der Waals surface area contributed by atoms with Crippen molar-refractivity contribution in [2.24, 2.45) is 0 Å². The predicted molar refractivity (Wildman–Crippen MR) is 106 cm³/mol. The topological polar surface area (TPSA) is 47.6 Å². The van der Waals surface area contributed by atoms with Crippen LogP contribution in [0, 0.1) is 0 Å². The third-order valence-electron chi connectivity index (χ3n) is 4.77. The maximum absolute atomic E-state index is 12.2. The van der Waals surface area contributed by atoms with E-state index in [0.717, 1.165) is 25.2 Å². The normalized spacial score (nSPS) is 16.3. The summed E-state index contributed by atoms with van der Waals surface area (Å²) in [5, 5.41) is 2.94. The van der Waals surface area contributed by atoms with Crippen LogP contribution in [0.5, 0.6) is 5.75 Å². The first-order valence-electron chi connectivity index (χ1n) is 10.1. The average molecular weight is 360 g/mol. The molecule has 1 aromatic carbocycles. The summed E-state index contributed by atoms with van der Waals surface area (Å²) in [7, 11) is 0. The van der Waals surface area contributed by atoms with Gasteiger partial charge in [0.05, 0.1) is 19.3 Å². The van der Waals surface area contributed by atoms with Crippen molar-refractivity contribution in [2.45, 2.75) is 70.8 Å². The molecule has 1 amide bonds. The summed E-state index contributed by atoms with van der Waals surface area (Å²) in [6.07, 6.45) is 11.1. The number of rotatable bonds is 12. The van der Waals surface area contributed by atoms with Gasteiger partial charge in [0.15, 0.2) is 0 Å². The summed E-state index contributed by atoms with van der Waals surface area (Å²) in [6.45, 7) is 7.42. The maximum atomic E-state index is 12.2. The van der Waals surface area contributed by atoms with E-state index < -0.39 is 0 Å². The van der Waals surface area contributed by atoms with E-state index in [1.54, 1.807) is 12.1 Å². The molecule has 1 N–H and O–H groups in total. The fraction of sp³-hybridized carbons (Fsp3) is 0.591. The van der Waals surface area contributed by atoms with Crippen LogP contribution in [0.3, 0.4) is 0 Å². The largest absolute Gasteiger partial charge is 0.496 e. The summed E-state index contributed by atoms with van der Waals surface area (Å²) < 4.78 is 11.1. The van der Waals surface area contributed by atoms with Crippen LogP contribution in [-0.2, 0) is 4.74 Å². The van der Waals surface area contributed by atoms with Gasteiger partial charge < -0.3 is 14.8 Å². The molecule has 1 aromatic rings. The van der Waals surface area contributed by atoms with E-state index in [-0.39, 0.29) is 11.9 Å². The zero-order valence-corrected chi connectivity index (χ0v) is 16.1. The van der Waals surface area contributed by atoms with Crippen LogP contribution < -0.4 is 10.1 Å². The minimum absolute atomic E-state index is 0.0830. The molecule has 0 saturated carbocycles. The Labute approximate surface area is 158 Å². The first-order chi connectivity index (χ1) is 12.7. The van der Waals surface area contributed by atoms with Gasteiger partial charge >= 0.3 is 0 Å². The number of amides is 1. The van der Waals surface area contributed by atoms with Crippen molar-refractivity contribution >= 4 is 5.91 Å². The quantitative estimate of drug-likeness (QED) is 0.519. The summed E-state index contributed by atoms with van der Waals surface area (Å²) in [4.78, 5) is 12.2. The van der Waals surface area contributed by atoms with Crippen molar-refractivity contribution in [3.8, 4) is 5.75 Å². The fourth-order valence-electron chi connectivity index (χ4n) is 3.09. The second-order valence-corrected chi connectivity index (χ2v) is 6.98. The smallest absolute Gasteiger partial charge is 0.251 e. The van der Waals surface area contributed by atoms with E-state index >= 15 is 0 Å². The number of ether oxygens (including phenoxy) is 2. The standard InChI is InChI=1S/C22H33NO3/c1-3-4-5-6-7-8-9-10-16-26-20-13-11-19(12-14-20)22(24)23-21-15-17-25-18(21)2/h11-14,21H,2-10,15-17H2,1H3,(H,23,24). The molecule has 1 heterocycles. The molecule has 0 radical (unpaired) electrons. The lowest BCUT2D eigenvalue weighted by atomic mass is 10.1.